The lowest BCUT2D eigenvalue weighted by molar-refractivity contribution is 0.428. The maximum atomic E-state index is 3.54. The molecule has 0 aromatic carbocycles. The largest absolute Gasteiger partial charge is 0.149 e. The Balaban J connectivity index is 2.63. The lowest BCUT2D eigenvalue weighted by atomic mass is 9.91. The molecule has 0 aliphatic heterocycles. The third-order valence-corrected chi connectivity index (χ3v) is 4.37. The molecule has 1 rings (SSSR count). The number of thiophene rings is 1. The predicted octanol–water partition coefficient (Wildman–Crippen LogP) is 4.02. The van der Waals surface area contributed by atoms with Gasteiger partial charge in [0, 0.05) is 10.2 Å². The molecule has 0 radical (unpaired) electrons. The Morgan fingerprint density at radius 2 is 2.17 bits per heavy atom. The molecule has 0 nitrogen and oxygen atoms in total. The molecule has 0 saturated heterocycles. The average molecular weight is 247 g/mol. The zero-order valence-electron chi connectivity index (χ0n) is 7.86. The molecule has 0 spiro atoms. The minimum atomic E-state index is 0.386. The zero-order valence-corrected chi connectivity index (χ0v) is 10.3. The Morgan fingerprint density at radius 3 is 2.58 bits per heavy atom. The molecule has 1 aromatic rings. The van der Waals surface area contributed by atoms with Crippen LogP contribution >= 0.6 is 27.3 Å². The third kappa shape index (κ3) is 2.91. The number of hydrogen-bond donors (Lipinski definition) is 0. The van der Waals surface area contributed by atoms with E-state index in [1.165, 1.54) is 16.9 Å². The Kier molecular flexibility index (Phi) is 3.36. The van der Waals surface area contributed by atoms with Gasteiger partial charge >= 0.3 is 0 Å². The normalized spacial score (nSPS) is 12.0. The van der Waals surface area contributed by atoms with Crippen LogP contribution in [0.2, 0.25) is 0 Å². The number of hydrogen-bond acceptors (Lipinski definition) is 1. The Labute approximate surface area is 87.1 Å². The zero-order chi connectivity index (χ0) is 9.19. The molecule has 0 unspecified atom stereocenters. The summed E-state index contributed by atoms with van der Waals surface area (Å²) in [6.07, 6.45) is 1.18. The monoisotopic (exact) mass is 246 g/mol. The van der Waals surface area contributed by atoms with Gasteiger partial charge in [-0.15, -0.1) is 11.3 Å². The molecule has 0 aliphatic rings. The molecule has 0 amide bonds. The van der Waals surface area contributed by atoms with Gasteiger partial charge < -0.3 is 0 Å². The van der Waals surface area contributed by atoms with Gasteiger partial charge in [0.15, 0.2) is 0 Å². The van der Waals surface area contributed by atoms with E-state index in [2.05, 4.69) is 48.1 Å². The summed E-state index contributed by atoms with van der Waals surface area (Å²) in [6.45, 7) is 6.73. The van der Waals surface area contributed by atoms with Gasteiger partial charge in [-0.05, 0) is 35.8 Å². The van der Waals surface area contributed by atoms with Crippen molar-refractivity contribution in [2.24, 2.45) is 5.41 Å². The van der Waals surface area contributed by atoms with Gasteiger partial charge in [-0.3, -0.25) is 0 Å². The van der Waals surface area contributed by atoms with Crippen molar-refractivity contribution in [3.8, 4) is 0 Å². The Morgan fingerprint density at radius 1 is 1.50 bits per heavy atom. The highest BCUT2D eigenvalue weighted by Gasteiger charge is 2.17. The summed E-state index contributed by atoms with van der Waals surface area (Å²) in [7, 11) is 0. The molecule has 0 N–H and O–H groups in total. The molecule has 0 fully saturated rings. The van der Waals surface area contributed by atoms with Crippen LogP contribution in [0.4, 0.5) is 0 Å². The molecule has 2 heteroatoms. The van der Waals surface area contributed by atoms with E-state index in [0.29, 0.717) is 5.41 Å². The van der Waals surface area contributed by atoms with Crippen molar-refractivity contribution in [1.29, 1.82) is 0 Å². The van der Waals surface area contributed by atoms with Crippen LogP contribution in [0.15, 0.2) is 11.4 Å². The second-order valence-electron chi connectivity index (χ2n) is 4.06. The predicted molar refractivity (Wildman–Crippen MR) is 60.3 cm³/mol. The highest BCUT2D eigenvalue weighted by atomic mass is 79.9. The molecule has 0 saturated carbocycles. The second-order valence-corrected chi connectivity index (χ2v) is 5.62. The Bertz CT molecular complexity index is 250. The summed E-state index contributed by atoms with van der Waals surface area (Å²) in [5.74, 6) is 0. The van der Waals surface area contributed by atoms with Crippen LogP contribution in [0.25, 0.3) is 0 Å². The highest BCUT2D eigenvalue weighted by Crippen LogP contribution is 2.27. The molecule has 0 bridgehead atoms. The molecule has 0 atom stereocenters. The van der Waals surface area contributed by atoms with Gasteiger partial charge in [0.2, 0.25) is 0 Å². The number of alkyl halides is 1. The maximum Gasteiger partial charge on any atom is 0.00861 e. The summed E-state index contributed by atoms with van der Waals surface area (Å²) in [5, 5.41) is 3.29. The van der Waals surface area contributed by atoms with Crippen molar-refractivity contribution < 1.29 is 0 Å². The number of halogens is 1. The fourth-order valence-electron chi connectivity index (χ4n) is 1.10. The van der Waals surface area contributed by atoms with E-state index in [9.17, 15) is 0 Å². The van der Waals surface area contributed by atoms with E-state index < -0.39 is 0 Å². The molecule has 1 aromatic heterocycles. The molecular formula is C10H15BrS. The first-order valence-electron chi connectivity index (χ1n) is 4.13. The van der Waals surface area contributed by atoms with Crippen LogP contribution in [-0.2, 0) is 6.42 Å². The van der Waals surface area contributed by atoms with Crippen molar-refractivity contribution in [2.45, 2.75) is 27.2 Å². The van der Waals surface area contributed by atoms with Gasteiger partial charge in [-0.1, -0.05) is 29.8 Å². The molecule has 12 heavy (non-hydrogen) atoms. The quantitative estimate of drug-likeness (QED) is 0.707. The minimum absolute atomic E-state index is 0.386. The van der Waals surface area contributed by atoms with Crippen molar-refractivity contribution in [1.82, 2.24) is 0 Å². The van der Waals surface area contributed by atoms with Gasteiger partial charge in [-0.2, -0.15) is 0 Å². The fraction of sp³-hybridized carbons (Fsp3) is 0.600. The van der Waals surface area contributed by atoms with Crippen molar-refractivity contribution in [3.63, 3.8) is 0 Å². The van der Waals surface area contributed by atoms with E-state index in [4.69, 9.17) is 0 Å². The summed E-state index contributed by atoms with van der Waals surface area (Å²) in [6, 6.07) is 2.29. The van der Waals surface area contributed by atoms with E-state index in [-0.39, 0.29) is 0 Å². The van der Waals surface area contributed by atoms with Crippen molar-refractivity contribution in [3.05, 3.63) is 21.9 Å². The van der Waals surface area contributed by atoms with Crippen LogP contribution in [0.1, 0.15) is 24.3 Å². The van der Waals surface area contributed by atoms with Gasteiger partial charge in [0.25, 0.3) is 0 Å². The van der Waals surface area contributed by atoms with Crippen molar-refractivity contribution in [2.75, 3.05) is 5.33 Å². The SMILES string of the molecule is Cc1csc(CC(C)(C)CBr)c1. The lowest BCUT2D eigenvalue weighted by Gasteiger charge is -2.20. The minimum Gasteiger partial charge on any atom is -0.149 e. The van der Waals surface area contributed by atoms with Crippen molar-refractivity contribution >= 4 is 27.3 Å². The van der Waals surface area contributed by atoms with Gasteiger partial charge in [0.05, 0.1) is 0 Å². The third-order valence-electron chi connectivity index (χ3n) is 1.80. The smallest absolute Gasteiger partial charge is 0.00861 e. The molecule has 68 valence electrons. The fourth-order valence-corrected chi connectivity index (χ4v) is 2.43. The average Bonchev–Trinajstić information content (AvgIpc) is 2.35. The van der Waals surface area contributed by atoms with Crippen LogP contribution in [0, 0.1) is 12.3 Å². The Hall–Kier alpha value is 0.180. The first-order valence-corrected chi connectivity index (χ1v) is 6.13. The van der Waals surface area contributed by atoms with Gasteiger partial charge in [-0.25, -0.2) is 0 Å². The van der Waals surface area contributed by atoms with E-state index >= 15 is 0 Å². The summed E-state index contributed by atoms with van der Waals surface area (Å²) >= 11 is 5.41. The molecule has 1 heterocycles. The summed E-state index contributed by atoms with van der Waals surface area (Å²) < 4.78 is 0. The van der Waals surface area contributed by atoms with Gasteiger partial charge in [0.1, 0.15) is 0 Å². The molecule has 0 aliphatic carbocycles. The van der Waals surface area contributed by atoms with E-state index in [1.807, 2.05) is 11.3 Å². The second kappa shape index (κ2) is 3.93. The van der Waals surface area contributed by atoms with Crippen LogP contribution in [-0.4, -0.2) is 5.33 Å². The van der Waals surface area contributed by atoms with Crippen LogP contribution < -0.4 is 0 Å². The standard InChI is InChI=1S/C10H15BrS/c1-8-4-9(12-6-8)5-10(2,3)7-11/h4,6H,5,7H2,1-3H3. The molecular weight excluding hydrogens is 232 g/mol. The first-order chi connectivity index (χ1) is 5.53. The summed E-state index contributed by atoms with van der Waals surface area (Å²) in [5.41, 5.74) is 1.78. The lowest BCUT2D eigenvalue weighted by Crippen LogP contribution is -2.15. The maximum absolute atomic E-state index is 3.54. The summed E-state index contributed by atoms with van der Waals surface area (Å²) in [4.78, 5) is 1.50. The topological polar surface area (TPSA) is 0 Å². The van der Waals surface area contributed by atoms with Crippen LogP contribution in [0.5, 0.6) is 0 Å². The van der Waals surface area contributed by atoms with E-state index in [1.54, 1.807) is 0 Å². The highest BCUT2D eigenvalue weighted by molar-refractivity contribution is 9.09. The number of rotatable bonds is 3. The van der Waals surface area contributed by atoms with E-state index in [0.717, 1.165) is 5.33 Å². The number of aryl methyl sites for hydroxylation is 1. The first kappa shape index (κ1) is 10.3. The van der Waals surface area contributed by atoms with Crippen LogP contribution in [0.3, 0.4) is 0 Å².